The Morgan fingerprint density at radius 2 is 1.66 bits per heavy atom. The average molecular weight is 458 g/mol. The second kappa shape index (κ2) is 9.50. The number of anilines is 1. The Hall–Kier alpha value is -2.58. The van der Waals surface area contributed by atoms with Gasteiger partial charge in [-0.05, 0) is 43.2 Å². The molecule has 2 aromatic rings. The third kappa shape index (κ3) is 4.61. The van der Waals surface area contributed by atoms with Gasteiger partial charge >= 0.3 is 0 Å². The van der Waals surface area contributed by atoms with Gasteiger partial charge in [0.25, 0.3) is 5.91 Å². The summed E-state index contributed by atoms with van der Waals surface area (Å²) in [6.07, 6.45) is 5.03. The summed E-state index contributed by atoms with van der Waals surface area (Å²) in [7, 11) is -2.00. The van der Waals surface area contributed by atoms with Crippen molar-refractivity contribution in [2.45, 2.75) is 43.0 Å². The minimum atomic E-state index is -3.65. The van der Waals surface area contributed by atoms with E-state index in [1.165, 1.54) is 10.4 Å². The Labute approximate surface area is 190 Å². The van der Waals surface area contributed by atoms with Crippen molar-refractivity contribution in [3.05, 3.63) is 54.1 Å². The van der Waals surface area contributed by atoms with E-state index < -0.39 is 10.0 Å². The van der Waals surface area contributed by atoms with E-state index in [1.807, 2.05) is 12.1 Å². The summed E-state index contributed by atoms with van der Waals surface area (Å²) < 4.78 is 27.9. The summed E-state index contributed by atoms with van der Waals surface area (Å²) in [4.78, 5) is 17.1. The molecule has 1 saturated carbocycles. The van der Waals surface area contributed by atoms with Gasteiger partial charge in [0, 0.05) is 44.8 Å². The summed E-state index contributed by atoms with van der Waals surface area (Å²) >= 11 is 0. The van der Waals surface area contributed by atoms with E-state index >= 15 is 0 Å². The highest BCUT2D eigenvalue weighted by molar-refractivity contribution is 7.89. The largest absolute Gasteiger partial charge is 0.506 e. The third-order valence-corrected chi connectivity index (χ3v) is 8.54. The number of nitrogens with zero attached hydrogens (tertiary/aromatic N) is 3. The maximum atomic E-state index is 13.2. The molecule has 1 saturated heterocycles. The Bertz CT molecular complexity index is 1060. The number of phenols is 1. The molecule has 1 aliphatic heterocycles. The lowest BCUT2D eigenvalue weighted by Crippen LogP contribution is -2.48. The van der Waals surface area contributed by atoms with Crippen molar-refractivity contribution in [1.82, 2.24) is 9.21 Å². The van der Waals surface area contributed by atoms with Crippen molar-refractivity contribution in [2.24, 2.45) is 0 Å². The standard InChI is InChI=1S/C24H31N3O4S/c1-25(20-9-3-2-4-10-20)32(30,31)21-11-7-8-19(18-21)24(29)27-16-14-26(15-17-27)22-12-5-6-13-23(22)28/h5-8,11-13,18,20,28H,2-4,9-10,14-17H2,1H3. The van der Waals surface area contributed by atoms with Gasteiger partial charge in [-0.15, -0.1) is 0 Å². The number of hydrogen-bond donors (Lipinski definition) is 1. The lowest BCUT2D eigenvalue weighted by atomic mass is 9.96. The maximum Gasteiger partial charge on any atom is 0.254 e. The fourth-order valence-corrected chi connectivity index (χ4v) is 6.12. The molecule has 0 unspecified atom stereocenters. The zero-order chi connectivity index (χ0) is 22.7. The summed E-state index contributed by atoms with van der Waals surface area (Å²) in [5, 5.41) is 10.1. The molecule has 1 amide bonds. The third-order valence-electron chi connectivity index (χ3n) is 6.64. The zero-order valence-electron chi connectivity index (χ0n) is 18.5. The predicted molar refractivity (Wildman–Crippen MR) is 124 cm³/mol. The molecule has 1 aliphatic carbocycles. The number of amides is 1. The smallest absolute Gasteiger partial charge is 0.254 e. The van der Waals surface area contributed by atoms with E-state index in [1.54, 1.807) is 42.3 Å². The Balaban J connectivity index is 1.45. The van der Waals surface area contributed by atoms with E-state index in [0.717, 1.165) is 37.8 Å². The van der Waals surface area contributed by atoms with E-state index in [-0.39, 0.29) is 22.6 Å². The SMILES string of the molecule is CN(C1CCCCC1)S(=O)(=O)c1cccc(C(=O)N2CCN(c3ccccc3O)CC2)c1. The molecule has 0 atom stereocenters. The fraction of sp³-hybridized carbons (Fsp3) is 0.458. The highest BCUT2D eigenvalue weighted by Crippen LogP contribution is 2.29. The van der Waals surface area contributed by atoms with Crippen molar-refractivity contribution >= 4 is 21.6 Å². The number of carbonyl (C=O) groups excluding carboxylic acids is 1. The van der Waals surface area contributed by atoms with Crippen LogP contribution in [0.25, 0.3) is 0 Å². The highest BCUT2D eigenvalue weighted by atomic mass is 32.2. The minimum Gasteiger partial charge on any atom is -0.506 e. The first kappa shape index (κ1) is 22.6. The number of aromatic hydroxyl groups is 1. The first-order valence-electron chi connectivity index (χ1n) is 11.3. The Kier molecular flexibility index (Phi) is 6.71. The van der Waals surface area contributed by atoms with Crippen LogP contribution < -0.4 is 4.90 Å². The monoisotopic (exact) mass is 457 g/mol. The van der Waals surface area contributed by atoms with Crippen LogP contribution in [0.4, 0.5) is 5.69 Å². The van der Waals surface area contributed by atoms with Gasteiger partial charge in [0.1, 0.15) is 5.75 Å². The van der Waals surface area contributed by atoms with E-state index in [4.69, 9.17) is 0 Å². The predicted octanol–water partition coefficient (Wildman–Crippen LogP) is 3.31. The molecule has 8 heteroatoms. The van der Waals surface area contributed by atoms with Crippen molar-refractivity contribution in [1.29, 1.82) is 0 Å². The van der Waals surface area contributed by atoms with Gasteiger partial charge in [0.05, 0.1) is 10.6 Å². The number of piperazine rings is 1. The van der Waals surface area contributed by atoms with Crippen LogP contribution in [-0.2, 0) is 10.0 Å². The van der Waals surface area contributed by atoms with Gasteiger partial charge in [-0.3, -0.25) is 4.79 Å². The number of phenolic OH excluding ortho intramolecular Hbond substituents is 1. The van der Waals surface area contributed by atoms with Crippen LogP contribution in [0.2, 0.25) is 0 Å². The molecule has 1 N–H and O–H groups in total. The second-order valence-corrected chi connectivity index (χ2v) is 10.6. The van der Waals surface area contributed by atoms with Crippen LogP contribution in [0.3, 0.4) is 0 Å². The lowest BCUT2D eigenvalue weighted by molar-refractivity contribution is 0.0746. The summed E-state index contributed by atoms with van der Waals surface area (Å²) in [5.41, 5.74) is 1.15. The Morgan fingerprint density at radius 3 is 2.34 bits per heavy atom. The first-order valence-corrected chi connectivity index (χ1v) is 12.7. The molecule has 2 aromatic carbocycles. The van der Waals surface area contributed by atoms with Crippen molar-refractivity contribution in [2.75, 3.05) is 38.1 Å². The van der Waals surface area contributed by atoms with E-state index in [0.29, 0.717) is 31.7 Å². The second-order valence-electron chi connectivity index (χ2n) is 8.61. The van der Waals surface area contributed by atoms with Crippen LogP contribution in [-0.4, -0.2) is 67.9 Å². The number of sulfonamides is 1. The van der Waals surface area contributed by atoms with Crippen LogP contribution in [0.1, 0.15) is 42.5 Å². The molecular formula is C24H31N3O4S. The molecule has 0 spiro atoms. The quantitative estimate of drug-likeness (QED) is 0.745. The molecule has 32 heavy (non-hydrogen) atoms. The van der Waals surface area contributed by atoms with Crippen LogP contribution >= 0.6 is 0 Å². The number of para-hydroxylation sites is 2. The van der Waals surface area contributed by atoms with Gasteiger partial charge in [-0.1, -0.05) is 37.5 Å². The fourth-order valence-electron chi connectivity index (χ4n) is 4.66. The summed E-state index contributed by atoms with van der Waals surface area (Å²) in [5.74, 6) is 0.0616. The van der Waals surface area contributed by atoms with Gasteiger partial charge in [0.2, 0.25) is 10.0 Å². The number of hydrogen-bond acceptors (Lipinski definition) is 5. The first-order chi connectivity index (χ1) is 15.4. The number of carbonyl (C=O) groups is 1. The van der Waals surface area contributed by atoms with E-state index in [9.17, 15) is 18.3 Å². The summed E-state index contributed by atoms with van der Waals surface area (Å²) in [6, 6.07) is 13.6. The van der Waals surface area contributed by atoms with Crippen LogP contribution in [0.15, 0.2) is 53.4 Å². The normalized spacial score (nSPS) is 18.2. The number of rotatable bonds is 5. The Morgan fingerprint density at radius 1 is 0.969 bits per heavy atom. The highest BCUT2D eigenvalue weighted by Gasteiger charge is 2.30. The van der Waals surface area contributed by atoms with Gasteiger partial charge < -0.3 is 14.9 Å². The van der Waals surface area contributed by atoms with Gasteiger partial charge in [-0.25, -0.2) is 8.42 Å². The van der Waals surface area contributed by atoms with Crippen LogP contribution in [0.5, 0.6) is 5.75 Å². The molecule has 0 aromatic heterocycles. The topological polar surface area (TPSA) is 81.2 Å². The zero-order valence-corrected chi connectivity index (χ0v) is 19.3. The molecule has 0 bridgehead atoms. The average Bonchev–Trinajstić information content (AvgIpc) is 2.84. The van der Waals surface area contributed by atoms with Gasteiger partial charge in [0.15, 0.2) is 0 Å². The molecule has 4 rings (SSSR count). The molecule has 1 heterocycles. The molecule has 172 valence electrons. The van der Waals surface area contributed by atoms with Crippen molar-refractivity contribution in [3.8, 4) is 5.75 Å². The maximum absolute atomic E-state index is 13.2. The van der Waals surface area contributed by atoms with E-state index in [2.05, 4.69) is 4.90 Å². The van der Waals surface area contributed by atoms with Crippen LogP contribution in [0, 0.1) is 0 Å². The molecule has 7 nitrogen and oxygen atoms in total. The molecular weight excluding hydrogens is 426 g/mol. The summed E-state index contributed by atoms with van der Waals surface area (Å²) in [6.45, 7) is 2.22. The number of benzene rings is 2. The van der Waals surface area contributed by atoms with Crippen molar-refractivity contribution < 1.29 is 18.3 Å². The van der Waals surface area contributed by atoms with Crippen molar-refractivity contribution in [3.63, 3.8) is 0 Å². The lowest BCUT2D eigenvalue weighted by Gasteiger charge is -2.36. The van der Waals surface area contributed by atoms with Gasteiger partial charge in [-0.2, -0.15) is 4.31 Å². The molecule has 2 fully saturated rings. The molecule has 2 aliphatic rings. The minimum absolute atomic E-state index is 0.0237. The molecule has 0 radical (unpaired) electrons.